The molecule has 0 bridgehead atoms. The predicted molar refractivity (Wildman–Crippen MR) is 122 cm³/mol. The molecule has 2 aromatic heterocycles. The Morgan fingerprint density at radius 1 is 1.00 bits per heavy atom. The third-order valence-electron chi connectivity index (χ3n) is 5.96. The molecule has 1 amide bonds. The van der Waals surface area contributed by atoms with E-state index in [1.165, 1.54) is 17.7 Å². The molecule has 5 rings (SSSR count). The van der Waals surface area contributed by atoms with Crippen molar-refractivity contribution in [2.24, 2.45) is 7.05 Å². The van der Waals surface area contributed by atoms with Gasteiger partial charge in [-0.3, -0.25) is 14.4 Å². The molecule has 1 saturated heterocycles. The number of carbonyl (C=O) groups excluding carboxylic acids is 1. The lowest BCUT2D eigenvalue weighted by atomic mass is 10.1. The van der Waals surface area contributed by atoms with Crippen LogP contribution in [0.15, 0.2) is 66.9 Å². The summed E-state index contributed by atoms with van der Waals surface area (Å²) in [7, 11) is 1.79. The number of aromatic nitrogens is 3. The fraction of sp³-hybridized carbons (Fsp3) is 0.240. The standard InChI is InChI=1S/C25H24FN5O/c1-29-24-22(16-27-29)21(15-23(28-24)19-8-5-9-20(26)14-19)25(32)31-12-10-30(11-13-31)17-18-6-3-2-4-7-18/h2-9,14-16H,10-13,17H2,1H3. The van der Waals surface area contributed by atoms with Crippen molar-refractivity contribution in [3.8, 4) is 11.3 Å². The molecule has 0 aliphatic carbocycles. The van der Waals surface area contributed by atoms with Crippen LogP contribution in [0.2, 0.25) is 0 Å². The Balaban J connectivity index is 1.40. The number of benzene rings is 2. The molecule has 0 radical (unpaired) electrons. The van der Waals surface area contributed by atoms with Crippen molar-refractivity contribution in [3.05, 3.63) is 83.8 Å². The Morgan fingerprint density at radius 3 is 2.53 bits per heavy atom. The maximum Gasteiger partial charge on any atom is 0.254 e. The summed E-state index contributed by atoms with van der Waals surface area (Å²) in [5.74, 6) is -0.376. The van der Waals surface area contributed by atoms with Crippen LogP contribution in [0.25, 0.3) is 22.3 Å². The molecular formula is C25H24FN5O. The van der Waals surface area contributed by atoms with Crippen LogP contribution in [0.5, 0.6) is 0 Å². The average Bonchev–Trinajstić information content (AvgIpc) is 3.20. The van der Waals surface area contributed by atoms with Gasteiger partial charge in [-0.05, 0) is 23.8 Å². The van der Waals surface area contributed by atoms with Crippen LogP contribution >= 0.6 is 0 Å². The van der Waals surface area contributed by atoms with E-state index in [4.69, 9.17) is 0 Å². The zero-order chi connectivity index (χ0) is 22.1. The first-order valence-corrected chi connectivity index (χ1v) is 10.7. The van der Waals surface area contributed by atoms with Crippen molar-refractivity contribution in [1.82, 2.24) is 24.6 Å². The van der Waals surface area contributed by atoms with Gasteiger partial charge < -0.3 is 4.90 Å². The molecule has 7 heteroatoms. The van der Waals surface area contributed by atoms with E-state index in [-0.39, 0.29) is 11.7 Å². The maximum atomic E-state index is 13.8. The molecule has 0 atom stereocenters. The van der Waals surface area contributed by atoms with Crippen LogP contribution in [-0.2, 0) is 13.6 Å². The lowest BCUT2D eigenvalue weighted by Gasteiger charge is -2.35. The normalized spacial score (nSPS) is 14.8. The fourth-order valence-corrected chi connectivity index (χ4v) is 4.21. The first-order valence-electron chi connectivity index (χ1n) is 10.7. The van der Waals surface area contributed by atoms with Gasteiger partial charge in [0.15, 0.2) is 5.65 Å². The van der Waals surface area contributed by atoms with Gasteiger partial charge in [0, 0.05) is 45.3 Å². The van der Waals surface area contributed by atoms with Gasteiger partial charge in [0.2, 0.25) is 0 Å². The quantitative estimate of drug-likeness (QED) is 0.496. The number of fused-ring (bicyclic) bond motifs is 1. The molecule has 0 unspecified atom stereocenters. The number of piperazine rings is 1. The molecule has 2 aromatic carbocycles. The summed E-state index contributed by atoms with van der Waals surface area (Å²) in [5, 5.41) is 5.01. The first-order chi connectivity index (χ1) is 15.6. The Morgan fingerprint density at radius 2 is 1.78 bits per heavy atom. The molecule has 3 heterocycles. The highest BCUT2D eigenvalue weighted by Gasteiger charge is 2.25. The van der Waals surface area contributed by atoms with Crippen LogP contribution in [0.3, 0.4) is 0 Å². The van der Waals surface area contributed by atoms with Gasteiger partial charge >= 0.3 is 0 Å². The lowest BCUT2D eigenvalue weighted by molar-refractivity contribution is 0.0630. The van der Waals surface area contributed by atoms with Crippen molar-refractivity contribution < 1.29 is 9.18 Å². The number of pyridine rings is 1. The Hall–Kier alpha value is -3.58. The zero-order valence-corrected chi connectivity index (χ0v) is 17.9. The summed E-state index contributed by atoms with van der Waals surface area (Å²) in [4.78, 5) is 22.4. The summed E-state index contributed by atoms with van der Waals surface area (Å²) in [6.07, 6.45) is 1.68. The number of amides is 1. The van der Waals surface area contributed by atoms with Gasteiger partial charge in [-0.25, -0.2) is 9.37 Å². The molecule has 1 aliphatic rings. The molecule has 162 valence electrons. The minimum Gasteiger partial charge on any atom is -0.336 e. The molecule has 4 aromatic rings. The summed E-state index contributed by atoms with van der Waals surface area (Å²) in [6.45, 7) is 3.84. The van der Waals surface area contributed by atoms with E-state index in [1.807, 2.05) is 23.1 Å². The number of hydrogen-bond donors (Lipinski definition) is 0. The number of rotatable bonds is 4. The molecule has 0 saturated carbocycles. The Bertz CT molecular complexity index is 1260. The van der Waals surface area contributed by atoms with Gasteiger partial charge in [0.1, 0.15) is 5.82 Å². The van der Waals surface area contributed by atoms with Gasteiger partial charge in [-0.1, -0.05) is 42.5 Å². The minimum absolute atomic E-state index is 0.0394. The highest BCUT2D eigenvalue weighted by molar-refractivity contribution is 6.06. The number of hydrogen-bond acceptors (Lipinski definition) is 4. The molecular weight excluding hydrogens is 405 g/mol. The third-order valence-corrected chi connectivity index (χ3v) is 5.96. The summed E-state index contributed by atoms with van der Waals surface area (Å²) >= 11 is 0. The average molecular weight is 429 g/mol. The molecule has 32 heavy (non-hydrogen) atoms. The van der Waals surface area contributed by atoms with Crippen molar-refractivity contribution in [1.29, 1.82) is 0 Å². The Labute approximate surface area is 185 Å². The van der Waals surface area contributed by atoms with Crippen molar-refractivity contribution in [2.75, 3.05) is 26.2 Å². The third kappa shape index (κ3) is 3.99. The minimum atomic E-state index is -0.336. The van der Waals surface area contributed by atoms with Crippen LogP contribution in [0.4, 0.5) is 4.39 Å². The van der Waals surface area contributed by atoms with Gasteiger partial charge in [-0.15, -0.1) is 0 Å². The van der Waals surface area contributed by atoms with E-state index in [0.717, 1.165) is 19.6 Å². The molecule has 6 nitrogen and oxygen atoms in total. The molecule has 0 N–H and O–H groups in total. The Kier molecular flexibility index (Phi) is 5.41. The van der Waals surface area contributed by atoms with E-state index in [2.05, 4.69) is 27.1 Å². The van der Waals surface area contributed by atoms with Crippen LogP contribution in [0, 0.1) is 5.82 Å². The molecule has 1 fully saturated rings. The summed E-state index contributed by atoms with van der Waals surface area (Å²) in [6, 6.07) is 18.4. The number of halogens is 1. The van der Waals surface area contributed by atoms with Crippen molar-refractivity contribution >= 4 is 16.9 Å². The first kappa shape index (κ1) is 20.3. The highest BCUT2D eigenvalue weighted by atomic mass is 19.1. The van der Waals surface area contributed by atoms with E-state index in [1.54, 1.807) is 36.1 Å². The number of nitrogens with zero attached hydrogens (tertiary/aromatic N) is 5. The van der Waals surface area contributed by atoms with Crippen LogP contribution < -0.4 is 0 Å². The number of aryl methyl sites for hydroxylation is 1. The van der Waals surface area contributed by atoms with E-state index >= 15 is 0 Å². The van der Waals surface area contributed by atoms with Gasteiger partial charge in [-0.2, -0.15) is 5.10 Å². The van der Waals surface area contributed by atoms with E-state index in [9.17, 15) is 9.18 Å². The highest BCUT2D eigenvalue weighted by Crippen LogP contribution is 2.26. The second-order valence-electron chi connectivity index (χ2n) is 8.12. The summed E-state index contributed by atoms with van der Waals surface area (Å²) < 4.78 is 15.4. The lowest BCUT2D eigenvalue weighted by Crippen LogP contribution is -2.48. The summed E-state index contributed by atoms with van der Waals surface area (Å²) in [5.41, 5.74) is 3.64. The van der Waals surface area contributed by atoms with Gasteiger partial charge in [0.05, 0.1) is 22.8 Å². The second-order valence-corrected chi connectivity index (χ2v) is 8.12. The maximum absolute atomic E-state index is 13.8. The van der Waals surface area contributed by atoms with Crippen LogP contribution in [0.1, 0.15) is 15.9 Å². The smallest absolute Gasteiger partial charge is 0.254 e. The second kappa shape index (κ2) is 8.51. The predicted octanol–water partition coefficient (Wildman–Crippen LogP) is 3.73. The zero-order valence-electron chi connectivity index (χ0n) is 17.9. The van der Waals surface area contributed by atoms with Crippen LogP contribution in [-0.4, -0.2) is 56.7 Å². The van der Waals surface area contributed by atoms with Crippen molar-refractivity contribution in [3.63, 3.8) is 0 Å². The monoisotopic (exact) mass is 429 g/mol. The largest absolute Gasteiger partial charge is 0.336 e. The molecule has 1 aliphatic heterocycles. The van der Waals surface area contributed by atoms with E-state index < -0.39 is 0 Å². The fourth-order valence-electron chi connectivity index (χ4n) is 4.21. The van der Waals surface area contributed by atoms with Crippen molar-refractivity contribution in [2.45, 2.75) is 6.54 Å². The topological polar surface area (TPSA) is 54.3 Å². The molecule has 0 spiro atoms. The number of carbonyl (C=O) groups is 1. The SMILES string of the molecule is Cn1ncc2c(C(=O)N3CCN(Cc4ccccc4)CC3)cc(-c3cccc(F)c3)nc21. The van der Waals surface area contributed by atoms with E-state index in [0.29, 0.717) is 40.9 Å². The van der Waals surface area contributed by atoms with Gasteiger partial charge in [0.25, 0.3) is 5.91 Å².